The first-order valence-electron chi connectivity index (χ1n) is 4.03. The van der Waals surface area contributed by atoms with Crippen molar-refractivity contribution in [1.29, 1.82) is 0 Å². The average molecular weight is 182 g/mol. The number of aryl methyl sites for hydroxylation is 1. The lowest BCUT2D eigenvalue weighted by molar-refractivity contribution is 0.0857. The second-order valence-corrected chi connectivity index (χ2v) is 2.66. The van der Waals surface area contributed by atoms with Crippen molar-refractivity contribution < 1.29 is 9.57 Å². The number of hydrogen-bond donors (Lipinski definition) is 1. The first kappa shape index (κ1) is 9.95. The van der Waals surface area contributed by atoms with E-state index in [0.717, 1.165) is 17.1 Å². The molecule has 1 aromatic heterocycles. The molecule has 0 radical (unpaired) electrons. The Bertz CT molecular complexity index is 276. The highest BCUT2D eigenvalue weighted by molar-refractivity contribution is 5.26. The number of methoxy groups -OCH3 is 1. The van der Waals surface area contributed by atoms with Crippen molar-refractivity contribution in [3.8, 4) is 5.75 Å². The maximum atomic E-state index is 5.11. The van der Waals surface area contributed by atoms with Crippen LogP contribution in [0.15, 0.2) is 12.1 Å². The third kappa shape index (κ3) is 3.01. The van der Waals surface area contributed by atoms with Crippen molar-refractivity contribution in [2.24, 2.45) is 0 Å². The van der Waals surface area contributed by atoms with Crippen LogP contribution in [0.4, 0.5) is 0 Å². The molecule has 4 heteroatoms. The van der Waals surface area contributed by atoms with Crippen LogP contribution in [0.25, 0.3) is 0 Å². The van der Waals surface area contributed by atoms with Crippen molar-refractivity contribution in [2.75, 3.05) is 14.2 Å². The lowest BCUT2D eigenvalue weighted by Crippen LogP contribution is -2.12. The van der Waals surface area contributed by atoms with Gasteiger partial charge in [-0.2, -0.15) is 5.48 Å². The molecule has 0 spiro atoms. The second kappa shape index (κ2) is 4.79. The van der Waals surface area contributed by atoms with Gasteiger partial charge in [-0.3, -0.25) is 4.98 Å². The van der Waals surface area contributed by atoms with Crippen LogP contribution in [0, 0.1) is 6.92 Å². The first-order valence-corrected chi connectivity index (χ1v) is 4.03. The number of nitrogens with zero attached hydrogens (tertiary/aromatic N) is 1. The van der Waals surface area contributed by atoms with E-state index in [1.165, 1.54) is 0 Å². The molecular weight excluding hydrogens is 168 g/mol. The van der Waals surface area contributed by atoms with Crippen LogP contribution >= 0.6 is 0 Å². The molecule has 1 rings (SSSR count). The molecule has 72 valence electrons. The van der Waals surface area contributed by atoms with Gasteiger partial charge in [0.1, 0.15) is 5.75 Å². The Balaban J connectivity index is 2.76. The Hall–Kier alpha value is -1.13. The smallest absolute Gasteiger partial charge is 0.122 e. The fourth-order valence-electron chi connectivity index (χ4n) is 1.06. The van der Waals surface area contributed by atoms with Crippen LogP contribution in [0.1, 0.15) is 11.4 Å². The summed E-state index contributed by atoms with van der Waals surface area (Å²) in [5, 5.41) is 0. The highest BCUT2D eigenvalue weighted by atomic mass is 16.6. The summed E-state index contributed by atoms with van der Waals surface area (Å²) in [5.74, 6) is 0.820. The number of ether oxygens (including phenoxy) is 1. The van der Waals surface area contributed by atoms with Crippen molar-refractivity contribution in [1.82, 2.24) is 10.5 Å². The van der Waals surface area contributed by atoms with Gasteiger partial charge in [0.25, 0.3) is 0 Å². The summed E-state index contributed by atoms with van der Waals surface area (Å²) < 4.78 is 5.11. The molecular formula is C9H14N2O2. The van der Waals surface area contributed by atoms with Gasteiger partial charge >= 0.3 is 0 Å². The van der Waals surface area contributed by atoms with Gasteiger partial charge in [0, 0.05) is 17.8 Å². The Morgan fingerprint density at radius 1 is 1.38 bits per heavy atom. The lowest BCUT2D eigenvalue weighted by Gasteiger charge is -2.05. The SMILES string of the molecule is CONCc1cc(OC)cc(C)n1. The predicted octanol–water partition coefficient (Wildman–Crippen LogP) is 1.05. The molecule has 0 bridgehead atoms. The number of rotatable bonds is 4. The molecule has 1 aromatic rings. The zero-order chi connectivity index (χ0) is 9.68. The number of hydroxylamine groups is 1. The van der Waals surface area contributed by atoms with Crippen molar-refractivity contribution in [3.05, 3.63) is 23.5 Å². The molecule has 0 unspecified atom stereocenters. The summed E-state index contributed by atoms with van der Waals surface area (Å²) in [6.45, 7) is 2.51. The maximum Gasteiger partial charge on any atom is 0.122 e. The summed E-state index contributed by atoms with van der Waals surface area (Å²) in [7, 11) is 3.22. The van der Waals surface area contributed by atoms with Crippen LogP contribution in [0.2, 0.25) is 0 Å². The Kier molecular flexibility index (Phi) is 3.67. The zero-order valence-corrected chi connectivity index (χ0v) is 8.13. The van der Waals surface area contributed by atoms with Crippen molar-refractivity contribution >= 4 is 0 Å². The Labute approximate surface area is 77.8 Å². The molecule has 13 heavy (non-hydrogen) atoms. The molecule has 0 saturated carbocycles. The summed E-state index contributed by atoms with van der Waals surface area (Å²) in [4.78, 5) is 9.03. The van der Waals surface area contributed by atoms with Gasteiger partial charge in [-0.15, -0.1) is 0 Å². The predicted molar refractivity (Wildman–Crippen MR) is 49.4 cm³/mol. The monoisotopic (exact) mass is 182 g/mol. The topological polar surface area (TPSA) is 43.4 Å². The maximum absolute atomic E-state index is 5.11. The highest BCUT2D eigenvalue weighted by Crippen LogP contribution is 2.12. The molecule has 0 amide bonds. The van der Waals surface area contributed by atoms with E-state index in [1.54, 1.807) is 14.2 Å². The van der Waals surface area contributed by atoms with E-state index >= 15 is 0 Å². The molecule has 0 saturated heterocycles. The summed E-state index contributed by atoms with van der Waals surface area (Å²) in [6.07, 6.45) is 0. The summed E-state index contributed by atoms with van der Waals surface area (Å²) in [5.41, 5.74) is 4.56. The number of pyridine rings is 1. The second-order valence-electron chi connectivity index (χ2n) is 2.66. The molecule has 1 N–H and O–H groups in total. The molecule has 0 atom stereocenters. The third-order valence-electron chi connectivity index (χ3n) is 1.61. The quantitative estimate of drug-likeness (QED) is 0.707. The Morgan fingerprint density at radius 2 is 2.15 bits per heavy atom. The van der Waals surface area contributed by atoms with E-state index in [-0.39, 0.29) is 0 Å². The number of aromatic nitrogens is 1. The van der Waals surface area contributed by atoms with Crippen LogP contribution in [0.5, 0.6) is 5.75 Å². The molecule has 0 aliphatic carbocycles. The van der Waals surface area contributed by atoms with E-state index in [1.807, 2.05) is 19.1 Å². The minimum Gasteiger partial charge on any atom is -0.497 e. The van der Waals surface area contributed by atoms with E-state index in [9.17, 15) is 0 Å². The van der Waals surface area contributed by atoms with E-state index in [2.05, 4.69) is 10.5 Å². The normalized spacial score (nSPS) is 10.1. The zero-order valence-electron chi connectivity index (χ0n) is 8.13. The van der Waals surface area contributed by atoms with E-state index in [4.69, 9.17) is 9.57 Å². The van der Waals surface area contributed by atoms with Crippen molar-refractivity contribution in [3.63, 3.8) is 0 Å². The fourth-order valence-corrected chi connectivity index (χ4v) is 1.06. The summed E-state index contributed by atoms with van der Waals surface area (Å²) in [6, 6.07) is 3.76. The molecule has 4 nitrogen and oxygen atoms in total. The molecule has 0 aliphatic heterocycles. The summed E-state index contributed by atoms with van der Waals surface area (Å²) >= 11 is 0. The number of nitrogens with one attached hydrogen (secondary N) is 1. The number of hydrogen-bond acceptors (Lipinski definition) is 4. The molecule has 0 fully saturated rings. The van der Waals surface area contributed by atoms with Crippen LogP contribution in [-0.4, -0.2) is 19.2 Å². The first-order chi connectivity index (χ1) is 6.26. The minimum absolute atomic E-state index is 0.578. The van der Waals surface area contributed by atoms with Crippen LogP contribution in [0.3, 0.4) is 0 Å². The van der Waals surface area contributed by atoms with Crippen LogP contribution in [-0.2, 0) is 11.4 Å². The van der Waals surface area contributed by atoms with Crippen LogP contribution < -0.4 is 10.2 Å². The molecule has 0 aliphatic rings. The van der Waals surface area contributed by atoms with E-state index < -0.39 is 0 Å². The molecule has 1 heterocycles. The van der Waals surface area contributed by atoms with Crippen molar-refractivity contribution in [2.45, 2.75) is 13.5 Å². The highest BCUT2D eigenvalue weighted by Gasteiger charge is 1.99. The van der Waals surface area contributed by atoms with Gasteiger partial charge in [0.2, 0.25) is 0 Å². The molecule has 0 aromatic carbocycles. The van der Waals surface area contributed by atoms with Gasteiger partial charge in [-0.1, -0.05) is 0 Å². The third-order valence-corrected chi connectivity index (χ3v) is 1.61. The van der Waals surface area contributed by atoms with Gasteiger partial charge in [-0.25, -0.2) is 0 Å². The fraction of sp³-hybridized carbons (Fsp3) is 0.444. The van der Waals surface area contributed by atoms with Gasteiger partial charge in [0.05, 0.1) is 26.5 Å². The van der Waals surface area contributed by atoms with Gasteiger partial charge in [0.15, 0.2) is 0 Å². The lowest BCUT2D eigenvalue weighted by atomic mass is 10.3. The van der Waals surface area contributed by atoms with E-state index in [0.29, 0.717) is 6.54 Å². The average Bonchev–Trinajstić information content (AvgIpc) is 2.14. The largest absolute Gasteiger partial charge is 0.497 e. The van der Waals surface area contributed by atoms with Gasteiger partial charge in [-0.05, 0) is 6.92 Å². The standard InChI is InChI=1S/C9H14N2O2/c1-7-4-9(12-2)5-8(11-7)6-10-13-3/h4-5,10H,6H2,1-3H3. The van der Waals surface area contributed by atoms with Gasteiger partial charge < -0.3 is 9.57 Å². The Morgan fingerprint density at radius 3 is 2.77 bits per heavy atom. The minimum atomic E-state index is 0.578.